The molecule has 1 amide bonds. The van der Waals surface area contributed by atoms with E-state index in [1.54, 1.807) is 6.33 Å². The van der Waals surface area contributed by atoms with E-state index in [4.69, 9.17) is 0 Å². The highest BCUT2D eigenvalue weighted by molar-refractivity contribution is 5.79. The van der Waals surface area contributed by atoms with Gasteiger partial charge in [0.2, 0.25) is 5.91 Å². The zero-order valence-corrected chi connectivity index (χ0v) is 6.95. The Morgan fingerprint density at radius 2 is 2.58 bits per heavy atom. The van der Waals surface area contributed by atoms with Crippen molar-refractivity contribution in [1.82, 2.24) is 14.9 Å². The van der Waals surface area contributed by atoms with Crippen LogP contribution in [0.2, 0.25) is 0 Å². The SMILES string of the molecule is Cn1cncc1[C@H]1CNC(=O)C1. The van der Waals surface area contributed by atoms with Gasteiger partial charge in [-0.3, -0.25) is 4.79 Å². The third-order valence-electron chi connectivity index (χ3n) is 2.25. The maximum Gasteiger partial charge on any atom is 0.220 e. The Morgan fingerprint density at radius 3 is 3.08 bits per heavy atom. The summed E-state index contributed by atoms with van der Waals surface area (Å²) in [5.41, 5.74) is 1.13. The van der Waals surface area contributed by atoms with E-state index < -0.39 is 0 Å². The molecule has 0 aliphatic carbocycles. The van der Waals surface area contributed by atoms with Crippen LogP contribution in [-0.2, 0) is 11.8 Å². The van der Waals surface area contributed by atoms with Crippen LogP contribution in [0.4, 0.5) is 0 Å². The highest BCUT2D eigenvalue weighted by atomic mass is 16.1. The van der Waals surface area contributed by atoms with Crippen molar-refractivity contribution in [3.8, 4) is 0 Å². The summed E-state index contributed by atoms with van der Waals surface area (Å²) in [6, 6.07) is 0. The standard InChI is InChI=1S/C8H11N3O/c1-11-5-9-4-7(11)6-2-8(12)10-3-6/h4-6H,2-3H2,1H3,(H,10,12)/t6-/m1/s1. The van der Waals surface area contributed by atoms with Crippen molar-refractivity contribution in [2.45, 2.75) is 12.3 Å². The molecule has 1 aliphatic rings. The van der Waals surface area contributed by atoms with Gasteiger partial charge in [-0.25, -0.2) is 4.98 Å². The predicted octanol–water partition coefficient (Wildman–Crippen LogP) is 0.0236. The summed E-state index contributed by atoms with van der Waals surface area (Å²) in [6.07, 6.45) is 4.18. The highest BCUT2D eigenvalue weighted by Gasteiger charge is 2.24. The van der Waals surface area contributed by atoms with Crippen LogP contribution in [0.15, 0.2) is 12.5 Å². The number of aromatic nitrogens is 2. The van der Waals surface area contributed by atoms with E-state index >= 15 is 0 Å². The van der Waals surface area contributed by atoms with Crippen molar-refractivity contribution in [3.63, 3.8) is 0 Å². The number of hydrogen-bond acceptors (Lipinski definition) is 2. The van der Waals surface area contributed by atoms with Crippen LogP contribution in [0, 0.1) is 0 Å². The van der Waals surface area contributed by atoms with E-state index in [2.05, 4.69) is 10.3 Å². The molecule has 2 rings (SSSR count). The fourth-order valence-corrected chi connectivity index (χ4v) is 1.58. The van der Waals surface area contributed by atoms with Gasteiger partial charge >= 0.3 is 0 Å². The van der Waals surface area contributed by atoms with Gasteiger partial charge in [-0.2, -0.15) is 0 Å². The first-order valence-corrected chi connectivity index (χ1v) is 4.00. The van der Waals surface area contributed by atoms with Crippen LogP contribution in [0.5, 0.6) is 0 Å². The lowest BCUT2D eigenvalue weighted by Gasteiger charge is -2.06. The molecule has 1 saturated heterocycles. The minimum Gasteiger partial charge on any atom is -0.355 e. The van der Waals surface area contributed by atoms with E-state index in [0.29, 0.717) is 12.3 Å². The van der Waals surface area contributed by atoms with Crippen LogP contribution in [0.3, 0.4) is 0 Å². The van der Waals surface area contributed by atoms with E-state index in [9.17, 15) is 4.79 Å². The number of hydrogen-bond donors (Lipinski definition) is 1. The first-order chi connectivity index (χ1) is 5.77. The summed E-state index contributed by atoms with van der Waals surface area (Å²) in [7, 11) is 1.95. The van der Waals surface area contributed by atoms with Crippen LogP contribution < -0.4 is 5.32 Å². The Bertz CT molecular complexity index is 305. The molecule has 2 heterocycles. The molecule has 0 unspecified atom stereocenters. The van der Waals surface area contributed by atoms with Crippen molar-refractivity contribution < 1.29 is 4.79 Å². The number of nitrogens with zero attached hydrogens (tertiary/aromatic N) is 2. The summed E-state index contributed by atoms with van der Waals surface area (Å²) < 4.78 is 1.96. The van der Waals surface area contributed by atoms with Gasteiger partial charge in [-0.15, -0.1) is 0 Å². The Labute approximate surface area is 70.6 Å². The second kappa shape index (κ2) is 2.62. The van der Waals surface area contributed by atoms with Crippen molar-refractivity contribution in [1.29, 1.82) is 0 Å². The number of rotatable bonds is 1. The topological polar surface area (TPSA) is 46.9 Å². The van der Waals surface area contributed by atoms with Crippen molar-refractivity contribution in [3.05, 3.63) is 18.2 Å². The third kappa shape index (κ3) is 1.09. The first kappa shape index (κ1) is 7.34. The second-order valence-corrected chi connectivity index (χ2v) is 3.13. The second-order valence-electron chi connectivity index (χ2n) is 3.13. The average molecular weight is 165 g/mol. The Morgan fingerprint density at radius 1 is 1.75 bits per heavy atom. The summed E-state index contributed by atoms with van der Waals surface area (Å²) >= 11 is 0. The van der Waals surface area contributed by atoms with Crippen molar-refractivity contribution in [2.24, 2.45) is 7.05 Å². The maximum atomic E-state index is 10.9. The lowest BCUT2D eigenvalue weighted by molar-refractivity contribution is -0.119. The van der Waals surface area contributed by atoms with E-state index in [1.807, 2.05) is 17.8 Å². The zero-order valence-electron chi connectivity index (χ0n) is 6.95. The van der Waals surface area contributed by atoms with Gasteiger partial charge in [0.05, 0.1) is 6.33 Å². The fraction of sp³-hybridized carbons (Fsp3) is 0.500. The zero-order chi connectivity index (χ0) is 8.55. The van der Waals surface area contributed by atoms with Crippen LogP contribution >= 0.6 is 0 Å². The lowest BCUT2D eigenvalue weighted by Crippen LogP contribution is -2.14. The quantitative estimate of drug-likeness (QED) is 0.638. The number of imidazole rings is 1. The summed E-state index contributed by atoms with van der Waals surface area (Å²) in [4.78, 5) is 14.9. The van der Waals surface area contributed by atoms with Crippen molar-refractivity contribution >= 4 is 5.91 Å². The smallest absolute Gasteiger partial charge is 0.220 e. The molecule has 0 saturated carbocycles. The molecule has 1 aromatic heterocycles. The van der Waals surface area contributed by atoms with Gasteiger partial charge in [0.15, 0.2) is 0 Å². The van der Waals surface area contributed by atoms with E-state index in [1.165, 1.54) is 0 Å². The predicted molar refractivity (Wildman–Crippen MR) is 43.6 cm³/mol. The molecule has 0 spiro atoms. The number of nitrogens with one attached hydrogen (secondary N) is 1. The summed E-state index contributed by atoms with van der Waals surface area (Å²) in [5, 5.41) is 2.81. The van der Waals surface area contributed by atoms with Crippen molar-refractivity contribution in [2.75, 3.05) is 6.54 Å². The Hall–Kier alpha value is -1.32. The van der Waals surface area contributed by atoms with Gasteiger partial charge in [-0.1, -0.05) is 0 Å². The average Bonchev–Trinajstić information content (AvgIpc) is 2.58. The van der Waals surface area contributed by atoms with E-state index in [-0.39, 0.29) is 5.91 Å². The molecule has 0 bridgehead atoms. The number of carbonyl (C=O) groups excluding carboxylic acids is 1. The van der Waals surface area contributed by atoms with Crippen LogP contribution in [0.25, 0.3) is 0 Å². The molecule has 1 aromatic rings. The molecule has 0 aromatic carbocycles. The molecule has 1 fully saturated rings. The van der Waals surface area contributed by atoms with Gasteiger partial charge in [-0.05, 0) is 0 Å². The summed E-state index contributed by atoms with van der Waals surface area (Å²) in [5.74, 6) is 0.450. The molecule has 0 radical (unpaired) electrons. The lowest BCUT2D eigenvalue weighted by atomic mass is 10.1. The molecule has 12 heavy (non-hydrogen) atoms. The summed E-state index contributed by atoms with van der Waals surface area (Å²) in [6.45, 7) is 0.748. The largest absolute Gasteiger partial charge is 0.355 e. The minimum atomic E-state index is 0.140. The maximum absolute atomic E-state index is 10.9. The number of carbonyl (C=O) groups is 1. The highest BCUT2D eigenvalue weighted by Crippen LogP contribution is 2.21. The van der Waals surface area contributed by atoms with E-state index in [0.717, 1.165) is 12.2 Å². The first-order valence-electron chi connectivity index (χ1n) is 4.00. The Kier molecular flexibility index (Phi) is 1.60. The molecule has 64 valence electrons. The van der Waals surface area contributed by atoms with Crippen LogP contribution in [-0.4, -0.2) is 22.0 Å². The van der Waals surface area contributed by atoms with Gasteiger partial charge in [0.25, 0.3) is 0 Å². The molecule has 1 atom stereocenters. The van der Waals surface area contributed by atoms with Gasteiger partial charge < -0.3 is 9.88 Å². The minimum absolute atomic E-state index is 0.140. The molecule has 1 aliphatic heterocycles. The normalized spacial score (nSPS) is 22.8. The number of amides is 1. The van der Waals surface area contributed by atoms with Gasteiger partial charge in [0.1, 0.15) is 0 Å². The molecular formula is C8H11N3O. The Balaban J connectivity index is 2.21. The van der Waals surface area contributed by atoms with Crippen LogP contribution in [0.1, 0.15) is 18.0 Å². The fourth-order valence-electron chi connectivity index (χ4n) is 1.58. The molecule has 1 N–H and O–H groups in total. The molecule has 4 nitrogen and oxygen atoms in total. The third-order valence-corrected chi connectivity index (χ3v) is 2.25. The number of aryl methyl sites for hydroxylation is 1. The molecule has 4 heteroatoms. The monoisotopic (exact) mass is 165 g/mol. The molecular weight excluding hydrogens is 154 g/mol. The van der Waals surface area contributed by atoms with Gasteiger partial charge in [0, 0.05) is 37.8 Å².